The highest BCUT2D eigenvalue weighted by Crippen LogP contribution is 2.18. The molecule has 0 amide bonds. The summed E-state index contributed by atoms with van der Waals surface area (Å²) in [7, 11) is 4.30. The molecule has 0 saturated heterocycles. The summed E-state index contributed by atoms with van der Waals surface area (Å²) in [5.74, 6) is 0.187. The average molecular weight is 308 g/mol. The zero-order valence-corrected chi connectivity index (χ0v) is 13.0. The quantitative estimate of drug-likeness (QED) is 0.229. The molecule has 1 rings (SSSR count). The van der Waals surface area contributed by atoms with Crippen molar-refractivity contribution in [3.05, 3.63) is 41.2 Å². The summed E-state index contributed by atoms with van der Waals surface area (Å²) in [6, 6.07) is 5.23. The lowest BCUT2D eigenvalue weighted by atomic mass is 10.0. The third kappa shape index (κ3) is 5.21. The third-order valence-electron chi connectivity index (χ3n) is 2.94. The van der Waals surface area contributed by atoms with Crippen LogP contribution in [0.25, 0.3) is 0 Å². The summed E-state index contributed by atoms with van der Waals surface area (Å²) in [5, 5.41) is 0. The van der Waals surface area contributed by atoms with E-state index in [0.717, 1.165) is 11.8 Å². The molecule has 0 saturated carbocycles. The van der Waals surface area contributed by atoms with Gasteiger partial charge in [-0.2, -0.15) is 0 Å². The fraction of sp³-hybridized carbons (Fsp3) is 0.375. The summed E-state index contributed by atoms with van der Waals surface area (Å²) in [6.07, 6.45) is 3.46. The monoisotopic (exact) mass is 308 g/mol. The van der Waals surface area contributed by atoms with E-state index in [2.05, 4.69) is 4.74 Å². The summed E-state index contributed by atoms with van der Waals surface area (Å²) in [5.41, 5.74) is 1.42. The molecule has 6 heteroatoms. The molecule has 6 nitrogen and oxygen atoms in total. The van der Waals surface area contributed by atoms with E-state index in [-0.39, 0.29) is 12.6 Å². The molecule has 22 heavy (non-hydrogen) atoms. The van der Waals surface area contributed by atoms with Gasteiger partial charge in [-0.25, -0.2) is 4.79 Å². The molecule has 0 aliphatic heterocycles. The standard InChI is InChI=1S/C16H20O6/c1-19-11-22-15(16(18)21-3)6-4-5-12-9-14(20-2)8-7-13(12)10-17/h6-10H,4-5,11H2,1-3H3/b15-6+. The normalized spacial score (nSPS) is 11.0. The first kappa shape index (κ1) is 17.7. The Morgan fingerprint density at radius 2 is 2.00 bits per heavy atom. The predicted octanol–water partition coefficient (Wildman–Crippen LogP) is 2.12. The smallest absolute Gasteiger partial charge is 0.373 e. The number of esters is 1. The molecule has 0 N–H and O–H groups in total. The van der Waals surface area contributed by atoms with Crippen LogP contribution in [0.1, 0.15) is 22.3 Å². The van der Waals surface area contributed by atoms with Crippen molar-refractivity contribution < 1.29 is 28.5 Å². The second kappa shape index (κ2) is 9.57. The first-order chi connectivity index (χ1) is 10.7. The topological polar surface area (TPSA) is 71.1 Å². The maximum absolute atomic E-state index is 11.5. The van der Waals surface area contributed by atoms with E-state index < -0.39 is 5.97 Å². The molecule has 1 aromatic carbocycles. The summed E-state index contributed by atoms with van der Waals surface area (Å²) in [4.78, 5) is 22.6. The molecule has 0 aromatic heterocycles. The predicted molar refractivity (Wildman–Crippen MR) is 79.8 cm³/mol. The van der Waals surface area contributed by atoms with Crippen LogP contribution in [0.2, 0.25) is 0 Å². The molecule has 1 aromatic rings. The lowest BCUT2D eigenvalue weighted by Crippen LogP contribution is -2.10. The van der Waals surface area contributed by atoms with Gasteiger partial charge in [0.15, 0.2) is 6.79 Å². The van der Waals surface area contributed by atoms with Crippen molar-refractivity contribution in [2.45, 2.75) is 12.8 Å². The minimum absolute atomic E-state index is 0.0420. The van der Waals surface area contributed by atoms with Crippen LogP contribution in [-0.2, 0) is 25.4 Å². The Balaban J connectivity index is 2.79. The van der Waals surface area contributed by atoms with Crippen molar-refractivity contribution >= 4 is 12.3 Å². The average Bonchev–Trinajstić information content (AvgIpc) is 2.56. The number of hydrogen-bond donors (Lipinski definition) is 0. The highest BCUT2D eigenvalue weighted by molar-refractivity contribution is 5.86. The lowest BCUT2D eigenvalue weighted by Gasteiger charge is -2.09. The second-order valence-corrected chi connectivity index (χ2v) is 4.33. The first-order valence-corrected chi connectivity index (χ1v) is 6.68. The van der Waals surface area contributed by atoms with Gasteiger partial charge in [-0.3, -0.25) is 4.79 Å². The van der Waals surface area contributed by atoms with E-state index in [9.17, 15) is 9.59 Å². The SMILES string of the molecule is COCO/C(=C/CCc1cc(OC)ccc1C=O)C(=O)OC. The van der Waals surface area contributed by atoms with E-state index in [1.54, 1.807) is 31.4 Å². The summed E-state index contributed by atoms with van der Waals surface area (Å²) in [6.45, 7) is -0.0420. The lowest BCUT2D eigenvalue weighted by molar-refractivity contribution is -0.142. The van der Waals surface area contributed by atoms with Gasteiger partial charge in [-0.1, -0.05) is 0 Å². The summed E-state index contributed by atoms with van der Waals surface area (Å²) >= 11 is 0. The van der Waals surface area contributed by atoms with Crippen molar-refractivity contribution in [2.24, 2.45) is 0 Å². The van der Waals surface area contributed by atoms with Crippen LogP contribution in [0.5, 0.6) is 5.75 Å². The van der Waals surface area contributed by atoms with Gasteiger partial charge in [0.05, 0.1) is 14.2 Å². The fourth-order valence-electron chi connectivity index (χ4n) is 1.82. The number of hydrogen-bond acceptors (Lipinski definition) is 6. The van der Waals surface area contributed by atoms with Crippen molar-refractivity contribution in [2.75, 3.05) is 28.1 Å². The molecule has 0 spiro atoms. The molecule has 120 valence electrons. The van der Waals surface area contributed by atoms with Gasteiger partial charge >= 0.3 is 5.97 Å². The Morgan fingerprint density at radius 3 is 2.59 bits per heavy atom. The first-order valence-electron chi connectivity index (χ1n) is 6.68. The Bertz CT molecular complexity index is 535. The molecule has 0 atom stereocenters. The van der Waals surface area contributed by atoms with Gasteiger partial charge in [0.25, 0.3) is 0 Å². The molecular formula is C16H20O6. The maximum Gasteiger partial charge on any atom is 0.373 e. The Morgan fingerprint density at radius 1 is 1.23 bits per heavy atom. The van der Waals surface area contributed by atoms with E-state index in [1.807, 2.05) is 0 Å². The fourth-order valence-corrected chi connectivity index (χ4v) is 1.82. The van der Waals surface area contributed by atoms with E-state index in [4.69, 9.17) is 14.2 Å². The maximum atomic E-state index is 11.5. The number of carbonyl (C=O) groups is 2. The van der Waals surface area contributed by atoms with Crippen LogP contribution in [-0.4, -0.2) is 40.4 Å². The number of allylic oxidation sites excluding steroid dienone is 1. The number of aldehydes is 1. The molecule has 0 fully saturated rings. The van der Waals surface area contributed by atoms with E-state index >= 15 is 0 Å². The van der Waals surface area contributed by atoms with Gasteiger partial charge in [-0.15, -0.1) is 0 Å². The van der Waals surface area contributed by atoms with Crippen molar-refractivity contribution in [3.63, 3.8) is 0 Å². The van der Waals surface area contributed by atoms with Gasteiger partial charge in [0.2, 0.25) is 5.76 Å². The van der Waals surface area contributed by atoms with Crippen molar-refractivity contribution in [1.29, 1.82) is 0 Å². The minimum Gasteiger partial charge on any atom is -0.497 e. The minimum atomic E-state index is -0.571. The summed E-state index contributed by atoms with van der Waals surface area (Å²) < 4.78 is 19.7. The Hall–Kier alpha value is -2.34. The van der Waals surface area contributed by atoms with Crippen molar-refractivity contribution in [1.82, 2.24) is 0 Å². The number of aryl methyl sites for hydroxylation is 1. The zero-order valence-electron chi connectivity index (χ0n) is 13.0. The highest BCUT2D eigenvalue weighted by Gasteiger charge is 2.11. The molecule has 0 radical (unpaired) electrons. The second-order valence-electron chi connectivity index (χ2n) is 4.33. The molecular weight excluding hydrogens is 288 g/mol. The van der Waals surface area contributed by atoms with Gasteiger partial charge < -0.3 is 18.9 Å². The molecule has 0 heterocycles. The number of rotatable bonds is 9. The Kier molecular flexibility index (Phi) is 7.70. The molecule has 0 aliphatic rings. The van der Waals surface area contributed by atoms with E-state index in [1.165, 1.54) is 14.2 Å². The number of ether oxygens (including phenoxy) is 4. The highest BCUT2D eigenvalue weighted by atomic mass is 16.7. The molecule has 0 unspecified atom stereocenters. The van der Waals surface area contributed by atoms with Gasteiger partial charge in [0.1, 0.15) is 12.0 Å². The number of methoxy groups -OCH3 is 3. The van der Waals surface area contributed by atoms with Gasteiger partial charge in [-0.05, 0) is 42.7 Å². The molecule has 0 aliphatic carbocycles. The van der Waals surface area contributed by atoms with Crippen LogP contribution >= 0.6 is 0 Å². The van der Waals surface area contributed by atoms with Crippen LogP contribution in [0.3, 0.4) is 0 Å². The largest absolute Gasteiger partial charge is 0.497 e. The number of benzene rings is 1. The van der Waals surface area contributed by atoms with E-state index in [0.29, 0.717) is 24.2 Å². The number of carbonyl (C=O) groups excluding carboxylic acids is 2. The zero-order chi connectivity index (χ0) is 16.4. The molecule has 0 bridgehead atoms. The Labute approximate surface area is 129 Å². The van der Waals surface area contributed by atoms with Crippen molar-refractivity contribution in [3.8, 4) is 5.75 Å². The van der Waals surface area contributed by atoms with Crippen LogP contribution in [0, 0.1) is 0 Å². The van der Waals surface area contributed by atoms with Crippen LogP contribution in [0.15, 0.2) is 30.0 Å². The van der Waals surface area contributed by atoms with Crippen LogP contribution in [0.4, 0.5) is 0 Å². The van der Waals surface area contributed by atoms with Crippen LogP contribution < -0.4 is 4.74 Å². The third-order valence-corrected chi connectivity index (χ3v) is 2.94. The van der Waals surface area contributed by atoms with Gasteiger partial charge in [0, 0.05) is 12.7 Å².